The van der Waals surface area contributed by atoms with Gasteiger partial charge in [0, 0.05) is 36.2 Å². The minimum atomic E-state index is -1.28. The molecule has 1 saturated heterocycles. The summed E-state index contributed by atoms with van der Waals surface area (Å²) in [4.78, 5) is 33.0. The molecule has 0 atom stereocenters. The van der Waals surface area contributed by atoms with Gasteiger partial charge in [-0.2, -0.15) is 0 Å². The second kappa shape index (κ2) is 13.6. The Balaban J connectivity index is 1.04. The molecule has 10 nitrogen and oxygen atoms in total. The first-order chi connectivity index (χ1) is 23.4. The molecule has 0 spiro atoms. The number of aromatic nitrogens is 1. The smallest absolute Gasteiger partial charge is 0.240 e. The number of ether oxygens (including phenoxy) is 4. The molecule has 0 radical (unpaired) electrons. The summed E-state index contributed by atoms with van der Waals surface area (Å²) in [5.74, 6) is -0.576. The zero-order chi connectivity index (χ0) is 33.1. The van der Waals surface area contributed by atoms with E-state index in [1.54, 1.807) is 18.3 Å². The van der Waals surface area contributed by atoms with Crippen LogP contribution in [0.4, 0.5) is 20.2 Å². The highest BCUT2D eigenvalue weighted by atomic mass is 19.1. The fourth-order valence-corrected chi connectivity index (χ4v) is 6.12. The van der Waals surface area contributed by atoms with Gasteiger partial charge in [0.25, 0.3) is 0 Å². The highest BCUT2D eigenvalue weighted by Crippen LogP contribution is 2.49. The van der Waals surface area contributed by atoms with Crippen LogP contribution in [0, 0.1) is 17.0 Å². The van der Waals surface area contributed by atoms with Gasteiger partial charge in [0.05, 0.1) is 17.5 Å². The third-order valence-corrected chi connectivity index (χ3v) is 8.90. The third-order valence-electron chi connectivity index (χ3n) is 8.90. The van der Waals surface area contributed by atoms with E-state index in [9.17, 15) is 14.0 Å². The number of rotatable bonds is 11. The van der Waals surface area contributed by atoms with Crippen LogP contribution in [-0.2, 0) is 9.59 Å². The first kappa shape index (κ1) is 31.6. The van der Waals surface area contributed by atoms with Gasteiger partial charge in [-0.1, -0.05) is 6.42 Å². The van der Waals surface area contributed by atoms with E-state index in [1.807, 2.05) is 0 Å². The Morgan fingerprint density at radius 2 is 1.54 bits per heavy atom. The molecule has 48 heavy (non-hydrogen) atoms. The van der Waals surface area contributed by atoms with Gasteiger partial charge in [-0.25, -0.2) is 8.78 Å². The Bertz CT molecular complexity index is 1830. The summed E-state index contributed by atoms with van der Waals surface area (Å²) in [5, 5.41) is 5.83. The van der Waals surface area contributed by atoms with E-state index in [-0.39, 0.29) is 11.4 Å². The van der Waals surface area contributed by atoms with Gasteiger partial charge in [-0.3, -0.25) is 14.6 Å². The minimum Gasteiger partial charge on any atom is -0.489 e. The van der Waals surface area contributed by atoms with E-state index in [1.165, 1.54) is 55.7 Å². The summed E-state index contributed by atoms with van der Waals surface area (Å²) in [6.45, 7) is 4.43. The van der Waals surface area contributed by atoms with Gasteiger partial charge in [-0.05, 0) is 87.7 Å². The number of likely N-dealkylation sites (tertiary alicyclic amines) is 1. The molecule has 7 rings (SSSR count). The highest BCUT2D eigenvalue weighted by Gasteiger charge is 2.56. The number of nitrogens with one attached hydrogen (secondary N) is 2. The summed E-state index contributed by atoms with van der Waals surface area (Å²) in [5.41, 5.74) is -0.198. The van der Waals surface area contributed by atoms with Crippen molar-refractivity contribution in [3.05, 3.63) is 72.4 Å². The molecular formula is C36H36F2N4O6. The van der Waals surface area contributed by atoms with E-state index in [2.05, 4.69) is 20.5 Å². The molecule has 0 bridgehead atoms. The van der Waals surface area contributed by atoms with Crippen LogP contribution in [0.25, 0.3) is 10.9 Å². The van der Waals surface area contributed by atoms with Crippen LogP contribution in [-0.4, -0.2) is 61.2 Å². The van der Waals surface area contributed by atoms with Gasteiger partial charge >= 0.3 is 0 Å². The van der Waals surface area contributed by atoms with Crippen molar-refractivity contribution >= 4 is 34.1 Å². The molecular weight excluding hydrogens is 622 g/mol. The highest BCUT2D eigenvalue weighted by molar-refractivity contribution is 6.16. The fourth-order valence-electron chi connectivity index (χ4n) is 6.12. The van der Waals surface area contributed by atoms with Crippen LogP contribution >= 0.6 is 0 Å². The predicted octanol–water partition coefficient (Wildman–Crippen LogP) is 6.69. The molecule has 2 fully saturated rings. The van der Waals surface area contributed by atoms with Crippen molar-refractivity contribution in [1.29, 1.82) is 0 Å². The van der Waals surface area contributed by atoms with Crippen LogP contribution in [0.2, 0.25) is 0 Å². The second-order valence-electron chi connectivity index (χ2n) is 12.3. The molecule has 12 heteroatoms. The van der Waals surface area contributed by atoms with Crippen molar-refractivity contribution in [2.24, 2.45) is 5.41 Å². The quantitative estimate of drug-likeness (QED) is 0.136. The SMILES string of the molecule is O=C(Nc1ccc(F)cc1)C1(C(=O)Nc2ccc(Oc3ccnc4cc(OCCCN5CCCCC5)c5c(c34)OCCO5)c(F)c2)CC1. The van der Waals surface area contributed by atoms with Crippen molar-refractivity contribution < 1.29 is 37.3 Å². The molecule has 3 aromatic carbocycles. The standard InChI is InChI=1S/C36H36F2N4O6/c37-23-5-7-24(8-6-23)40-34(43)36(12-13-36)35(44)41-25-9-10-28(26(38)21-25)48-29-11-14-39-27-22-30(32-33(31(27)29)47-20-19-46-32)45-18-4-17-42-15-2-1-3-16-42/h5-11,14,21-22H,1-4,12-13,15-20H2,(H,40,43)(H,41,44). The van der Waals surface area contributed by atoms with Crippen molar-refractivity contribution in [3.8, 4) is 28.7 Å². The summed E-state index contributed by atoms with van der Waals surface area (Å²) >= 11 is 0. The van der Waals surface area contributed by atoms with Crippen LogP contribution in [0.5, 0.6) is 28.7 Å². The van der Waals surface area contributed by atoms with E-state index in [4.69, 9.17) is 18.9 Å². The van der Waals surface area contributed by atoms with E-state index < -0.39 is 28.9 Å². The van der Waals surface area contributed by atoms with Crippen LogP contribution in [0.3, 0.4) is 0 Å². The van der Waals surface area contributed by atoms with Crippen LogP contribution in [0.15, 0.2) is 60.8 Å². The third kappa shape index (κ3) is 6.70. The lowest BCUT2D eigenvalue weighted by Crippen LogP contribution is -2.35. The topological polar surface area (TPSA) is 111 Å². The molecule has 2 aliphatic heterocycles. The number of pyridine rings is 1. The van der Waals surface area contributed by atoms with E-state index >= 15 is 4.39 Å². The first-order valence-electron chi connectivity index (χ1n) is 16.3. The van der Waals surface area contributed by atoms with Gasteiger partial charge < -0.3 is 34.5 Å². The summed E-state index contributed by atoms with van der Waals surface area (Å²) < 4.78 is 52.8. The number of halogens is 2. The largest absolute Gasteiger partial charge is 0.489 e. The zero-order valence-corrected chi connectivity index (χ0v) is 26.4. The number of fused-ring (bicyclic) bond motifs is 3. The summed E-state index contributed by atoms with van der Waals surface area (Å²) in [7, 11) is 0. The van der Waals surface area contributed by atoms with Crippen molar-refractivity contribution in [3.63, 3.8) is 0 Å². The van der Waals surface area contributed by atoms with Gasteiger partial charge in [-0.15, -0.1) is 0 Å². The van der Waals surface area contributed by atoms with Crippen molar-refractivity contribution in [2.75, 3.05) is 50.1 Å². The van der Waals surface area contributed by atoms with E-state index in [0.29, 0.717) is 72.3 Å². The molecule has 250 valence electrons. The Hall–Kier alpha value is -4.97. The average Bonchev–Trinajstić information content (AvgIpc) is 3.92. The molecule has 2 amide bonds. The maximum atomic E-state index is 15.4. The summed E-state index contributed by atoms with van der Waals surface area (Å²) in [6.07, 6.45) is 6.90. The molecule has 2 N–H and O–H groups in total. The lowest BCUT2D eigenvalue weighted by atomic mass is 10.0. The Kier molecular flexibility index (Phi) is 8.98. The number of benzene rings is 3. The first-order valence-corrected chi connectivity index (χ1v) is 16.3. The molecule has 0 unspecified atom stereocenters. The maximum Gasteiger partial charge on any atom is 0.240 e. The second-order valence-corrected chi connectivity index (χ2v) is 12.3. The minimum absolute atomic E-state index is 0.0841. The lowest BCUT2D eigenvalue weighted by molar-refractivity contribution is -0.131. The van der Waals surface area contributed by atoms with Gasteiger partial charge in [0.2, 0.25) is 17.6 Å². The Labute approximate surface area is 276 Å². The molecule has 1 aromatic heterocycles. The molecule has 3 aliphatic rings. The number of hydrogen-bond donors (Lipinski definition) is 2. The van der Waals surface area contributed by atoms with Gasteiger partial charge in [0.1, 0.15) is 30.2 Å². The van der Waals surface area contributed by atoms with Gasteiger partial charge in [0.15, 0.2) is 23.1 Å². The number of nitrogens with zero attached hydrogens (tertiary/aromatic N) is 2. The number of piperidine rings is 1. The van der Waals surface area contributed by atoms with Crippen molar-refractivity contribution in [2.45, 2.75) is 38.5 Å². The Morgan fingerprint density at radius 3 is 2.27 bits per heavy atom. The number of anilines is 2. The number of hydrogen-bond acceptors (Lipinski definition) is 8. The fraction of sp³-hybridized carbons (Fsp3) is 0.361. The molecule has 4 aromatic rings. The zero-order valence-electron chi connectivity index (χ0n) is 26.4. The van der Waals surface area contributed by atoms with Crippen LogP contribution < -0.4 is 29.6 Å². The predicted molar refractivity (Wildman–Crippen MR) is 175 cm³/mol. The Morgan fingerprint density at radius 1 is 0.833 bits per heavy atom. The molecule has 3 heterocycles. The normalized spacial score (nSPS) is 16.6. The van der Waals surface area contributed by atoms with Crippen molar-refractivity contribution in [1.82, 2.24) is 9.88 Å². The lowest BCUT2D eigenvalue weighted by Gasteiger charge is -2.26. The molecule has 1 aliphatic carbocycles. The number of amides is 2. The maximum absolute atomic E-state index is 15.4. The van der Waals surface area contributed by atoms with Crippen LogP contribution in [0.1, 0.15) is 38.5 Å². The number of carbonyl (C=O) groups excluding carboxylic acids is 2. The van der Waals surface area contributed by atoms with E-state index in [0.717, 1.165) is 32.1 Å². The summed E-state index contributed by atoms with van der Waals surface area (Å²) in [6, 6.07) is 12.7. The average molecular weight is 659 g/mol. The monoisotopic (exact) mass is 658 g/mol. The molecule has 1 saturated carbocycles. The number of carbonyl (C=O) groups is 2.